The second-order valence-corrected chi connectivity index (χ2v) is 5.25. The summed E-state index contributed by atoms with van der Waals surface area (Å²) in [6.45, 7) is 3.45. The Bertz CT molecular complexity index is 439. The predicted octanol–water partition coefficient (Wildman–Crippen LogP) is 3.53. The molecule has 1 aliphatic carbocycles. The van der Waals surface area contributed by atoms with Crippen LogP contribution in [0.1, 0.15) is 38.2 Å². The molecule has 2 atom stereocenters. The standard InChI is InChI=1S/C16H21NO2/c1-13-4-2-6-15(10-13)18-8-9-19-16-7-3-5-14(11-16)12-17/h3,5,7,11,13,15H,2,4,6,8-10H2,1H3. The summed E-state index contributed by atoms with van der Waals surface area (Å²) in [6.07, 6.45) is 5.35. The van der Waals surface area contributed by atoms with Crippen LogP contribution >= 0.6 is 0 Å². The summed E-state index contributed by atoms with van der Waals surface area (Å²) >= 11 is 0. The van der Waals surface area contributed by atoms with Gasteiger partial charge in [0.25, 0.3) is 0 Å². The minimum Gasteiger partial charge on any atom is -0.491 e. The largest absolute Gasteiger partial charge is 0.491 e. The molecule has 0 N–H and O–H groups in total. The van der Waals surface area contributed by atoms with Crippen LogP contribution in [0.15, 0.2) is 24.3 Å². The van der Waals surface area contributed by atoms with Gasteiger partial charge >= 0.3 is 0 Å². The minimum atomic E-state index is 0.401. The molecule has 2 unspecified atom stereocenters. The van der Waals surface area contributed by atoms with Gasteiger partial charge in [-0.3, -0.25) is 0 Å². The highest BCUT2D eigenvalue weighted by atomic mass is 16.5. The highest BCUT2D eigenvalue weighted by Gasteiger charge is 2.18. The third-order valence-corrected chi connectivity index (χ3v) is 3.56. The van der Waals surface area contributed by atoms with Crippen LogP contribution in [0.25, 0.3) is 0 Å². The van der Waals surface area contributed by atoms with Crippen LogP contribution in [0.4, 0.5) is 0 Å². The van der Waals surface area contributed by atoms with Gasteiger partial charge in [0.05, 0.1) is 24.3 Å². The van der Waals surface area contributed by atoms with E-state index < -0.39 is 0 Å². The fraction of sp³-hybridized carbons (Fsp3) is 0.562. The predicted molar refractivity (Wildman–Crippen MR) is 74.0 cm³/mol. The molecule has 0 saturated heterocycles. The van der Waals surface area contributed by atoms with Gasteiger partial charge in [0, 0.05) is 0 Å². The van der Waals surface area contributed by atoms with Crippen molar-refractivity contribution in [3.05, 3.63) is 29.8 Å². The number of hydrogen-bond acceptors (Lipinski definition) is 3. The summed E-state index contributed by atoms with van der Waals surface area (Å²) in [7, 11) is 0. The molecule has 0 aromatic heterocycles. The maximum absolute atomic E-state index is 8.80. The van der Waals surface area contributed by atoms with E-state index >= 15 is 0 Å². The zero-order valence-electron chi connectivity index (χ0n) is 11.5. The Balaban J connectivity index is 1.67. The van der Waals surface area contributed by atoms with Crippen LogP contribution < -0.4 is 4.74 Å². The van der Waals surface area contributed by atoms with Gasteiger partial charge in [0.2, 0.25) is 0 Å². The average Bonchev–Trinajstić information content (AvgIpc) is 2.44. The highest BCUT2D eigenvalue weighted by Crippen LogP contribution is 2.25. The van der Waals surface area contributed by atoms with E-state index in [2.05, 4.69) is 13.0 Å². The van der Waals surface area contributed by atoms with Crippen LogP contribution in [-0.2, 0) is 4.74 Å². The second kappa shape index (κ2) is 7.16. The quantitative estimate of drug-likeness (QED) is 0.760. The van der Waals surface area contributed by atoms with Gasteiger partial charge < -0.3 is 9.47 Å². The summed E-state index contributed by atoms with van der Waals surface area (Å²) < 4.78 is 11.4. The maximum Gasteiger partial charge on any atom is 0.120 e. The normalized spacial score (nSPS) is 22.7. The first-order chi connectivity index (χ1) is 9.28. The monoisotopic (exact) mass is 259 g/mol. The van der Waals surface area contributed by atoms with E-state index in [1.165, 1.54) is 25.7 Å². The molecular formula is C16H21NO2. The van der Waals surface area contributed by atoms with Crippen LogP contribution in [0.2, 0.25) is 0 Å². The Morgan fingerprint density at radius 3 is 3.00 bits per heavy atom. The average molecular weight is 259 g/mol. The molecule has 0 radical (unpaired) electrons. The molecule has 0 spiro atoms. The van der Waals surface area contributed by atoms with E-state index in [4.69, 9.17) is 14.7 Å². The van der Waals surface area contributed by atoms with Crippen molar-refractivity contribution in [1.82, 2.24) is 0 Å². The third kappa shape index (κ3) is 4.57. The van der Waals surface area contributed by atoms with E-state index in [-0.39, 0.29) is 0 Å². The molecule has 19 heavy (non-hydrogen) atoms. The van der Waals surface area contributed by atoms with Gasteiger partial charge in [-0.2, -0.15) is 5.26 Å². The Morgan fingerprint density at radius 2 is 2.21 bits per heavy atom. The van der Waals surface area contributed by atoms with Crippen LogP contribution in [-0.4, -0.2) is 19.3 Å². The molecule has 3 nitrogen and oxygen atoms in total. The molecule has 0 aliphatic heterocycles. The van der Waals surface area contributed by atoms with Crippen molar-refractivity contribution in [3.63, 3.8) is 0 Å². The third-order valence-electron chi connectivity index (χ3n) is 3.56. The van der Waals surface area contributed by atoms with E-state index in [9.17, 15) is 0 Å². The molecule has 1 fully saturated rings. The van der Waals surface area contributed by atoms with Crippen LogP contribution in [0.3, 0.4) is 0 Å². The number of nitrogens with zero attached hydrogens (tertiary/aromatic N) is 1. The first kappa shape index (κ1) is 13.9. The number of hydrogen-bond donors (Lipinski definition) is 0. The van der Waals surface area contributed by atoms with Crippen molar-refractivity contribution in [2.75, 3.05) is 13.2 Å². The van der Waals surface area contributed by atoms with Crippen molar-refractivity contribution in [2.24, 2.45) is 5.92 Å². The second-order valence-electron chi connectivity index (χ2n) is 5.25. The Labute approximate surface area is 115 Å². The first-order valence-electron chi connectivity index (χ1n) is 7.02. The lowest BCUT2D eigenvalue weighted by Gasteiger charge is -2.26. The summed E-state index contributed by atoms with van der Waals surface area (Å²) in [5.74, 6) is 1.52. The number of benzene rings is 1. The zero-order chi connectivity index (χ0) is 13.5. The van der Waals surface area contributed by atoms with Gasteiger partial charge in [0.15, 0.2) is 0 Å². The molecule has 1 aliphatic rings. The van der Waals surface area contributed by atoms with Gasteiger partial charge in [-0.15, -0.1) is 0 Å². The molecule has 1 aromatic rings. The van der Waals surface area contributed by atoms with Gasteiger partial charge in [-0.05, 0) is 37.0 Å². The van der Waals surface area contributed by atoms with Crippen LogP contribution in [0.5, 0.6) is 5.75 Å². The topological polar surface area (TPSA) is 42.2 Å². The Morgan fingerprint density at radius 1 is 1.32 bits per heavy atom. The van der Waals surface area contributed by atoms with E-state index in [0.717, 1.165) is 11.7 Å². The summed E-state index contributed by atoms with van der Waals surface area (Å²) in [5.41, 5.74) is 0.625. The van der Waals surface area contributed by atoms with Gasteiger partial charge in [-0.25, -0.2) is 0 Å². The molecule has 0 amide bonds. The molecule has 0 bridgehead atoms. The molecule has 1 saturated carbocycles. The highest BCUT2D eigenvalue weighted by molar-refractivity contribution is 5.36. The fourth-order valence-corrected chi connectivity index (χ4v) is 2.56. The Kier molecular flexibility index (Phi) is 5.23. The van der Waals surface area contributed by atoms with Crippen LogP contribution in [0, 0.1) is 17.2 Å². The molecule has 0 heterocycles. The zero-order valence-corrected chi connectivity index (χ0v) is 11.5. The van der Waals surface area contributed by atoms with Crippen molar-refractivity contribution >= 4 is 0 Å². The molecular weight excluding hydrogens is 238 g/mol. The molecule has 3 heteroatoms. The minimum absolute atomic E-state index is 0.401. The SMILES string of the molecule is CC1CCCC(OCCOc2cccc(C#N)c2)C1. The lowest BCUT2D eigenvalue weighted by Crippen LogP contribution is -2.23. The van der Waals surface area contributed by atoms with E-state index in [1.807, 2.05) is 12.1 Å². The lowest BCUT2D eigenvalue weighted by molar-refractivity contribution is 0.00196. The van der Waals surface area contributed by atoms with Gasteiger partial charge in [0.1, 0.15) is 12.4 Å². The van der Waals surface area contributed by atoms with E-state index in [0.29, 0.717) is 24.9 Å². The molecule has 2 rings (SSSR count). The summed E-state index contributed by atoms with van der Waals surface area (Å²) in [4.78, 5) is 0. The number of ether oxygens (including phenoxy) is 2. The first-order valence-corrected chi connectivity index (χ1v) is 7.02. The molecule has 1 aromatic carbocycles. The van der Waals surface area contributed by atoms with Crippen molar-refractivity contribution < 1.29 is 9.47 Å². The Hall–Kier alpha value is -1.53. The summed E-state index contributed by atoms with van der Waals surface area (Å²) in [6, 6.07) is 9.32. The van der Waals surface area contributed by atoms with Crippen molar-refractivity contribution in [2.45, 2.75) is 38.7 Å². The van der Waals surface area contributed by atoms with Gasteiger partial charge in [-0.1, -0.05) is 25.8 Å². The fourth-order valence-electron chi connectivity index (χ4n) is 2.56. The smallest absolute Gasteiger partial charge is 0.120 e. The van der Waals surface area contributed by atoms with Crippen molar-refractivity contribution in [1.29, 1.82) is 5.26 Å². The van der Waals surface area contributed by atoms with Crippen molar-refractivity contribution in [3.8, 4) is 11.8 Å². The van der Waals surface area contributed by atoms with E-state index in [1.54, 1.807) is 12.1 Å². The number of nitriles is 1. The lowest BCUT2D eigenvalue weighted by atomic mass is 9.89. The number of rotatable bonds is 5. The molecule has 102 valence electrons. The summed E-state index contributed by atoms with van der Waals surface area (Å²) in [5, 5.41) is 8.80. The maximum atomic E-state index is 8.80.